The molecule has 3 heterocycles. The lowest BCUT2D eigenvalue weighted by atomic mass is 9.81. The van der Waals surface area contributed by atoms with Crippen molar-refractivity contribution < 1.29 is 14.9 Å². The summed E-state index contributed by atoms with van der Waals surface area (Å²) in [5.41, 5.74) is 1.22. The fourth-order valence-electron chi connectivity index (χ4n) is 3.54. The topological polar surface area (TPSA) is 52.9 Å². The van der Waals surface area contributed by atoms with Gasteiger partial charge in [-0.1, -0.05) is 12.1 Å². The second-order valence-electron chi connectivity index (χ2n) is 6.21. The maximum absolute atomic E-state index is 10.3. The molecule has 2 N–H and O–H groups in total. The van der Waals surface area contributed by atoms with Crippen LogP contribution in [0.15, 0.2) is 24.3 Å². The van der Waals surface area contributed by atoms with Crippen LogP contribution in [0.25, 0.3) is 0 Å². The molecule has 0 aromatic heterocycles. The summed E-state index contributed by atoms with van der Waals surface area (Å²) in [6.07, 6.45) is 3.70. The van der Waals surface area contributed by atoms with Crippen molar-refractivity contribution in [2.45, 2.75) is 37.8 Å². The Balaban J connectivity index is 0.00000176. The lowest BCUT2D eigenvalue weighted by molar-refractivity contribution is -0.0849. The van der Waals surface area contributed by atoms with Gasteiger partial charge in [0.1, 0.15) is 12.4 Å². The van der Waals surface area contributed by atoms with Crippen LogP contribution in [-0.4, -0.2) is 53.6 Å². The molecule has 1 aromatic carbocycles. The molecule has 2 unspecified atom stereocenters. The molecule has 0 aliphatic carbocycles. The number of aryl methyl sites for hydroxylation is 1. The SMILES string of the molecule is Cl.OCCCc1ccc(OCC2C(O)C3CCN2CC3)cc1. The number of aliphatic hydroxyl groups is 2. The van der Waals surface area contributed by atoms with Gasteiger partial charge in [0.25, 0.3) is 0 Å². The number of fused-ring (bicyclic) bond motifs is 3. The summed E-state index contributed by atoms with van der Waals surface area (Å²) in [5, 5.41) is 19.2. The largest absolute Gasteiger partial charge is 0.492 e. The van der Waals surface area contributed by atoms with Crippen LogP contribution in [0, 0.1) is 5.92 Å². The number of hydrogen-bond donors (Lipinski definition) is 2. The fourth-order valence-corrected chi connectivity index (χ4v) is 3.54. The first kappa shape index (κ1) is 17.5. The zero-order valence-electron chi connectivity index (χ0n) is 12.9. The number of halogens is 1. The molecule has 5 heteroatoms. The standard InChI is InChI=1S/C17H25NO3.ClH/c19-11-1-2-13-3-5-15(6-4-13)21-12-16-17(20)14-7-9-18(16)10-8-14;/h3-6,14,16-17,19-20H,1-2,7-12H2;1H. The highest BCUT2D eigenvalue weighted by atomic mass is 35.5. The highest BCUT2D eigenvalue weighted by molar-refractivity contribution is 5.85. The van der Waals surface area contributed by atoms with Gasteiger partial charge in [0.05, 0.1) is 12.1 Å². The van der Waals surface area contributed by atoms with Gasteiger partial charge in [-0.2, -0.15) is 0 Å². The number of benzene rings is 1. The normalized spacial score (nSPS) is 29.9. The summed E-state index contributed by atoms with van der Waals surface area (Å²) in [6, 6.07) is 8.21. The van der Waals surface area contributed by atoms with Crippen LogP contribution < -0.4 is 4.74 Å². The molecule has 0 spiro atoms. The number of rotatable bonds is 6. The van der Waals surface area contributed by atoms with E-state index >= 15 is 0 Å². The van der Waals surface area contributed by atoms with Crippen LogP contribution in [0.1, 0.15) is 24.8 Å². The Kier molecular flexibility index (Phi) is 6.50. The van der Waals surface area contributed by atoms with Crippen LogP contribution in [0.4, 0.5) is 0 Å². The quantitative estimate of drug-likeness (QED) is 0.837. The van der Waals surface area contributed by atoms with E-state index in [2.05, 4.69) is 17.0 Å². The third kappa shape index (κ3) is 3.93. The lowest BCUT2D eigenvalue weighted by Gasteiger charge is -2.48. The highest BCUT2D eigenvalue weighted by Crippen LogP contribution is 2.32. The number of hydrogen-bond acceptors (Lipinski definition) is 4. The predicted molar refractivity (Wildman–Crippen MR) is 88.7 cm³/mol. The Labute approximate surface area is 138 Å². The van der Waals surface area contributed by atoms with Crippen LogP contribution >= 0.6 is 12.4 Å². The van der Waals surface area contributed by atoms with Crippen LogP contribution in [0.3, 0.4) is 0 Å². The zero-order chi connectivity index (χ0) is 14.7. The van der Waals surface area contributed by atoms with Gasteiger partial charge in [-0.3, -0.25) is 4.90 Å². The van der Waals surface area contributed by atoms with E-state index < -0.39 is 0 Å². The van der Waals surface area contributed by atoms with Gasteiger partial charge < -0.3 is 14.9 Å². The summed E-state index contributed by atoms with van der Waals surface area (Å²) in [7, 11) is 0. The first-order valence-electron chi connectivity index (χ1n) is 8.02. The molecule has 0 radical (unpaired) electrons. The molecule has 2 bridgehead atoms. The van der Waals surface area contributed by atoms with Crippen molar-refractivity contribution in [3.63, 3.8) is 0 Å². The van der Waals surface area contributed by atoms with E-state index in [1.165, 1.54) is 5.56 Å². The van der Waals surface area contributed by atoms with Gasteiger partial charge in [-0.05, 0) is 62.4 Å². The predicted octanol–water partition coefficient (Wildman–Crippen LogP) is 1.87. The van der Waals surface area contributed by atoms with Gasteiger partial charge in [0.15, 0.2) is 0 Å². The van der Waals surface area contributed by atoms with E-state index in [-0.39, 0.29) is 31.2 Å². The monoisotopic (exact) mass is 327 g/mol. The summed E-state index contributed by atoms with van der Waals surface area (Å²) >= 11 is 0. The molecule has 22 heavy (non-hydrogen) atoms. The van der Waals surface area contributed by atoms with Gasteiger partial charge in [0, 0.05) is 6.61 Å². The zero-order valence-corrected chi connectivity index (χ0v) is 13.7. The molecule has 4 nitrogen and oxygen atoms in total. The smallest absolute Gasteiger partial charge is 0.119 e. The highest BCUT2D eigenvalue weighted by Gasteiger charge is 2.41. The van der Waals surface area contributed by atoms with E-state index in [0.717, 1.165) is 44.5 Å². The molecular weight excluding hydrogens is 302 g/mol. The number of piperidine rings is 3. The van der Waals surface area contributed by atoms with Gasteiger partial charge in [-0.15, -0.1) is 12.4 Å². The molecule has 2 atom stereocenters. The molecule has 3 aliphatic heterocycles. The lowest BCUT2D eigenvalue weighted by Crippen LogP contribution is -2.59. The number of aliphatic hydroxyl groups excluding tert-OH is 2. The molecule has 124 valence electrons. The minimum Gasteiger partial charge on any atom is -0.492 e. The minimum atomic E-state index is -0.240. The average molecular weight is 328 g/mol. The molecule has 3 aliphatic rings. The van der Waals surface area contributed by atoms with Gasteiger partial charge >= 0.3 is 0 Å². The molecule has 3 saturated heterocycles. The number of ether oxygens (including phenoxy) is 1. The van der Waals surface area contributed by atoms with Crippen molar-refractivity contribution in [2.24, 2.45) is 5.92 Å². The van der Waals surface area contributed by atoms with Crippen LogP contribution in [-0.2, 0) is 6.42 Å². The second kappa shape index (κ2) is 8.16. The van der Waals surface area contributed by atoms with Gasteiger partial charge in [-0.25, -0.2) is 0 Å². The van der Waals surface area contributed by atoms with Crippen molar-refractivity contribution in [1.29, 1.82) is 0 Å². The van der Waals surface area contributed by atoms with E-state index in [1.807, 2.05) is 12.1 Å². The third-order valence-electron chi connectivity index (χ3n) is 4.89. The average Bonchev–Trinajstić information content (AvgIpc) is 2.54. The Morgan fingerprint density at radius 1 is 1.14 bits per heavy atom. The third-order valence-corrected chi connectivity index (χ3v) is 4.89. The molecule has 4 rings (SSSR count). The molecule has 3 fully saturated rings. The Morgan fingerprint density at radius 2 is 1.82 bits per heavy atom. The number of nitrogens with zero attached hydrogens (tertiary/aromatic N) is 1. The summed E-state index contributed by atoms with van der Waals surface area (Å²) < 4.78 is 5.88. The maximum atomic E-state index is 10.3. The first-order valence-corrected chi connectivity index (χ1v) is 8.02. The van der Waals surface area contributed by atoms with Crippen molar-refractivity contribution in [1.82, 2.24) is 4.90 Å². The van der Waals surface area contributed by atoms with E-state index in [1.54, 1.807) is 0 Å². The maximum Gasteiger partial charge on any atom is 0.119 e. The Hall–Kier alpha value is -0.810. The van der Waals surface area contributed by atoms with E-state index in [9.17, 15) is 5.11 Å². The van der Waals surface area contributed by atoms with E-state index in [4.69, 9.17) is 9.84 Å². The van der Waals surface area contributed by atoms with E-state index in [0.29, 0.717) is 12.5 Å². The minimum absolute atomic E-state index is 0. The Morgan fingerprint density at radius 3 is 2.41 bits per heavy atom. The summed E-state index contributed by atoms with van der Waals surface area (Å²) in [5.74, 6) is 1.32. The van der Waals surface area contributed by atoms with Crippen molar-refractivity contribution in [3.05, 3.63) is 29.8 Å². The van der Waals surface area contributed by atoms with Crippen molar-refractivity contribution >= 4 is 12.4 Å². The molecule has 1 aromatic rings. The van der Waals surface area contributed by atoms with Crippen molar-refractivity contribution in [2.75, 3.05) is 26.3 Å². The molecular formula is C17H26ClNO3. The van der Waals surface area contributed by atoms with Crippen LogP contribution in [0.5, 0.6) is 5.75 Å². The van der Waals surface area contributed by atoms with Crippen molar-refractivity contribution in [3.8, 4) is 5.75 Å². The first-order chi connectivity index (χ1) is 10.3. The van der Waals surface area contributed by atoms with Gasteiger partial charge in [0.2, 0.25) is 0 Å². The second-order valence-corrected chi connectivity index (χ2v) is 6.21. The summed E-state index contributed by atoms with van der Waals surface area (Å²) in [6.45, 7) is 2.98. The molecule has 0 saturated carbocycles. The summed E-state index contributed by atoms with van der Waals surface area (Å²) in [4.78, 5) is 2.36. The molecule has 0 amide bonds. The van der Waals surface area contributed by atoms with Crippen LogP contribution in [0.2, 0.25) is 0 Å². The fraction of sp³-hybridized carbons (Fsp3) is 0.647. The Bertz CT molecular complexity index is 444.